The van der Waals surface area contributed by atoms with Gasteiger partial charge in [0.2, 0.25) is 5.91 Å². The first kappa shape index (κ1) is 16.0. The van der Waals surface area contributed by atoms with E-state index < -0.39 is 5.54 Å². The van der Waals surface area contributed by atoms with Gasteiger partial charge in [-0.15, -0.1) is 12.4 Å². The fourth-order valence-electron chi connectivity index (χ4n) is 2.47. The van der Waals surface area contributed by atoms with Crippen molar-refractivity contribution in [3.63, 3.8) is 0 Å². The van der Waals surface area contributed by atoms with E-state index in [1.165, 1.54) is 12.0 Å². The van der Waals surface area contributed by atoms with Crippen molar-refractivity contribution in [2.24, 2.45) is 5.73 Å². The molecule has 1 aliphatic rings. The van der Waals surface area contributed by atoms with E-state index in [0.717, 1.165) is 31.2 Å². The molecule has 3 nitrogen and oxygen atoms in total. The number of amides is 1. The number of nitrogens with one attached hydrogen (secondary N) is 1. The topological polar surface area (TPSA) is 55.1 Å². The van der Waals surface area contributed by atoms with E-state index in [4.69, 9.17) is 5.73 Å². The highest BCUT2D eigenvalue weighted by atomic mass is 35.5. The number of hydrogen-bond acceptors (Lipinski definition) is 2. The van der Waals surface area contributed by atoms with Gasteiger partial charge in [-0.1, -0.05) is 49.1 Å². The van der Waals surface area contributed by atoms with Gasteiger partial charge in [-0.3, -0.25) is 4.79 Å². The van der Waals surface area contributed by atoms with Gasteiger partial charge in [0.25, 0.3) is 0 Å². The number of benzene rings is 1. The van der Waals surface area contributed by atoms with E-state index >= 15 is 0 Å². The zero-order valence-electron chi connectivity index (χ0n) is 11.4. The van der Waals surface area contributed by atoms with Crippen LogP contribution in [0.3, 0.4) is 0 Å². The molecule has 0 aromatic heterocycles. The largest absolute Gasteiger partial charge is 0.350 e. The summed E-state index contributed by atoms with van der Waals surface area (Å²) < 4.78 is 0. The Morgan fingerprint density at radius 1 is 1.21 bits per heavy atom. The number of aryl methyl sites for hydroxylation is 1. The van der Waals surface area contributed by atoms with Crippen LogP contribution < -0.4 is 11.1 Å². The normalized spacial score (nSPS) is 17.4. The van der Waals surface area contributed by atoms with Gasteiger partial charge in [0.15, 0.2) is 0 Å². The van der Waals surface area contributed by atoms with Crippen LogP contribution in [0.1, 0.15) is 43.2 Å². The first-order chi connectivity index (χ1) is 8.60. The summed E-state index contributed by atoms with van der Waals surface area (Å²) in [6.45, 7) is 2.62. The molecule has 0 bridgehead atoms. The molecule has 3 N–H and O–H groups in total. The van der Waals surface area contributed by atoms with Crippen LogP contribution in [0, 0.1) is 6.92 Å². The SMILES string of the molecule is Cc1ccc(CNC(=O)C2(N)CCCCC2)cc1.Cl. The molecule has 0 aliphatic heterocycles. The standard InChI is InChI=1S/C15H22N2O.ClH/c1-12-5-7-13(8-6-12)11-17-14(18)15(16)9-3-2-4-10-15;/h5-8H,2-4,9-11,16H2,1H3,(H,17,18);1H. The minimum absolute atomic E-state index is 0. The molecule has 0 atom stereocenters. The summed E-state index contributed by atoms with van der Waals surface area (Å²) in [7, 11) is 0. The lowest BCUT2D eigenvalue weighted by molar-refractivity contribution is -0.127. The van der Waals surface area contributed by atoms with Crippen LogP contribution >= 0.6 is 12.4 Å². The molecular formula is C15H23ClN2O. The molecule has 2 rings (SSSR count). The second-order valence-electron chi connectivity index (χ2n) is 5.39. The summed E-state index contributed by atoms with van der Waals surface area (Å²) in [5.74, 6) is 0.00257. The second kappa shape index (κ2) is 6.92. The van der Waals surface area contributed by atoms with Crippen LogP contribution in [0.15, 0.2) is 24.3 Å². The molecule has 0 heterocycles. The first-order valence-electron chi connectivity index (χ1n) is 6.73. The third-order valence-electron chi connectivity index (χ3n) is 3.77. The second-order valence-corrected chi connectivity index (χ2v) is 5.39. The lowest BCUT2D eigenvalue weighted by Crippen LogP contribution is -2.54. The average molecular weight is 283 g/mol. The molecule has 4 heteroatoms. The predicted octanol–water partition coefficient (Wildman–Crippen LogP) is 2.69. The number of hydrogen-bond donors (Lipinski definition) is 2. The van der Waals surface area contributed by atoms with E-state index in [0.29, 0.717) is 6.54 Å². The van der Waals surface area contributed by atoms with E-state index in [-0.39, 0.29) is 18.3 Å². The van der Waals surface area contributed by atoms with Gasteiger partial charge in [0.05, 0.1) is 5.54 Å². The maximum absolute atomic E-state index is 12.1. The number of nitrogens with two attached hydrogens (primary N) is 1. The zero-order valence-corrected chi connectivity index (χ0v) is 12.3. The quantitative estimate of drug-likeness (QED) is 0.896. The summed E-state index contributed by atoms with van der Waals surface area (Å²) in [6.07, 6.45) is 4.95. The van der Waals surface area contributed by atoms with Crippen LogP contribution in [0.4, 0.5) is 0 Å². The van der Waals surface area contributed by atoms with Crippen LogP contribution in [0.5, 0.6) is 0 Å². The molecule has 1 aliphatic carbocycles. The van der Waals surface area contributed by atoms with Gasteiger partial charge >= 0.3 is 0 Å². The smallest absolute Gasteiger partial charge is 0.240 e. The van der Waals surface area contributed by atoms with Crippen molar-refractivity contribution in [2.45, 2.75) is 51.1 Å². The molecule has 1 fully saturated rings. The monoisotopic (exact) mass is 282 g/mol. The fraction of sp³-hybridized carbons (Fsp3) is 0.533. The number of rotatable bonds is 3. The Morgan fingerprint density at radius 3 is 2.37 bits per heavy atom. The van der Waals surface area contributed by atoms with Crippen molar-refractivity contribution in [3.05, 3.63) is 35.4 Å². The van der Waals surface area contributed by atoms with Gasteiger partial charge < -0.3 is 11.1 Å². The zero-order chi connectivity index (χ0) is 13.0. The first-order valence-corrected chi connectivity index (χ1v) is 6.73. The summed E-state index contributed by atoms with van der Waals surface area (Å²) in [5, 5.41) is 2.96. The van der Waals surface area contributed by atoms with Crippen molar-refractivity contribution >= 4 is 18.3 Å². The molecule has 0 spiro atoms. The van der Waals surface area contributed by atoms with Gasteiger partial charge in [-0.2, -0.15) is 0 Å². The molecule has 0 unspecified atom stereocenters. The third-order valence-corrected chi connectivity index (χ3v) is 3.77. The van der Waals surface area contributed by atoms with Crippen molar-refractivity contribution in [1.82, 2.24) is 5.32 Å². The van der Waals surface area contributed by atoms with Crippen molar-refractivity contribution < 1.29 is 4.79 Å². The number of halogens is 1. The number of carbonyl (C=O) groups is 1. The van der Waals surface area contributed by atoms with Crippen LogP contribution in [-0.2, 0) is 11.3 Å². The Labute approximate surface area is 121 Å². The molecule has 1 amide bonds. The van der Waals surface area contributed by atoms with Gasteiger partial charge in [-0.05, 0) is 25.3 Å². The van der Waals surface area contributed by atoms with Crippen molar-refractivity contribution in [2.75, 3.05) is 0 Å². The molecule has 106 valence electrons. The van der Waals surface area contributed by atoms with Crippen LogP contribution in [0.25, 0.3) is 0 Å². The maximum atomic E-state index is 12.1. The Balaban J connectivity index is 0.00000180. The van der Waals surface area contributed by atoms with E-state index in [1.54, 1.807) is 0 Å². The summed E-state index contributed by atoms with van der Waals surface area (Å²) in [6, 6.07) is 8.19. The Hall–Kier alpha value is -1.06. The molecule has 1 saturated carbocycles. The molecule has 1 aromatic carbocycles. The van der Waals surface area contributed by atoms with E-state index in [1.807, 2.05) is 12.1 Å². The summed E-state index contributed by atoms with van der Waals surface area (Å²) in [5.41, 5.74) is 7.89. The lowest BCUT2D eigenvalue weighted by atomic mass is 9.82. The van der Waals surface area contributed by atoms with E-state index in [9.17, 15) is 4.79 Å². The summed E-state index contributed by atoms with van der Waals surface area (Å²) >= 11 is 0. The van der Waals surface area contributed by atoms with Crippen molar-refractivity contribution in [3.8, 4) is 0 Å². The number of carbonyl (C=O) groups excluding carboxylic acids is 1. The molecule has 0 radical (unpaired) electrons. The maximum Gasteiger partial charge on any atom is 0.240 e. The van der Waals surface area contributed by atoms with Gasteiger partial charge in [0.1, 0.15) is 0 Å². The average Bonchev–Trinajstić information content (AvgIpc) is 2.38. The molecule has 1 aromatic rings. The minimum atomic E-state index is -0.636. The molecule has 0 saturated heterocycles. The molecular weight excluding hydrogens is 260 g/mol. The Bertz CT molecular complexity index is 411. The molecule has 19 heavy (non-hydrogen) atoms. The Kier molecular flexibility index (Phi) is 5.83. The van der Waals surface area contributed by atoms with Gasteiger partial charge in [-0.25, -0.2) is 0 Å². The fourth-order valence-corrected chi connectivity index (χ4v) is 2.47. The predicted molar refractivity (Wildman–Crippen MR) is 80.3 cm³/mol. The van der Waals surface area contributed by atoms with Crippen LogP contribution in [0.2, 0.25) is 0 Å². The summed E-state index contributed by atoms with van der Waals surface area (Å²) in [4.78, 5) is 12.1. The third kappa shape index (κ3) is 4.22. The highest BCUT2D eigenvalue weighted by Gasteiger charge is 2.34. The van der Waals surface area contributed by atoms with Gasteiger partial charge in [0, 0.05) is 6.54 Å². The Morgan fingerprint density at radius 2 is 1.79 bits per heavy atom. The highest BCUT2D eigenvalue weighted by molar-refractivity contribution is 5.86. The lowest BCUT2D eigenvalue weighted by Gasteiger charge is -2.31. The van der Waals surface area contributed by atoms with E-state index in [2.05, 4.69) is 24.4 Å². The van der Waals surface area contributed by atoms with Crippen molar-refractivity contribution in [1.29, 1.82) is 0 Å². The minimum Gasteiger partial charge on any atom is -0.350 e. The highest BCUT2D eigenvalue weighted by Crippen LogP contribution is 2.26. The van der Waals surface area contributed by atoms with Crippen LogP contribution in [-0.4, -0.2) is 11.4 Å².